The zero-order valence-corrected chi connectivity index (χ0v) is 12.3. The molecule has 0 heterocycles. The van der Waals surface area contributed by atoms with Gasteiger partial charge in [-0.25, -0.2) is 4.79 Å². The van der Waals surface area contributed by atoms with Crippen molar-refractivity contribution in [1.82, 2.24) is 0 Å². The predicted octanol–water partition coefficient (Wildman–Crippen LogP) is 3.70. The molecule has 0 aromatic heterocycles. The van der Waals surface area contributed by atoms with Crippen LogP contribution in [-0.2, 0) is 9.63 Å². The zero-order chi connectivity index (χ0) is 15.6. The zero-order valence-electron chi connectivity index (χ0n) is 12.3. The first-order valence-corrected chi connectivity index (χ1v) is 6.89. The number of benzene rings is 2. The highest BCUT2D eigenvalue weighted by atomic mass is 16.7. The average Bonchev–Trinajstić information content (AvgIpc) is 2.58. The second-order valence-corrected chi connectivity index (χ2v) is 4.54. The van der Waals surface area contributed by atoms with Crippen LogP contribution in [0.1, 0.15) is 12.5 Å². The standard InChI is InChI=1S/C18H17NO3/c1-15(12-13-16-8-4-2-5-9-16)19-22-18(20)14-21-17-10-6-3-7-11-17/h2-13H,14H2,1H3. The van der Waals surface area contributed by atoms with Crippen molar-refractivity contribution in [2.45, 2.75) is 6.92 Å². The number of ether oxygens (including phenoxy) is 1. The number of oxime groups is 1. The third-order valence-electron chi connectivity index (χ3n) is 2.71. The molecule has 2 rings (SSSR count). The first-order chi connectivity index (χ1) is 10.7. The fourth-order valence-electron chi connectivity index (χ4n) is 1.62. The molecule has 0 saturated heterocycles. The third kappa shape index (κ3) is 5.63. The van der Waals surface area contributed by atoms with Gasteiger partial charge in [0.1, 0.15) is 5.75 Å². The van der Waals surface area contributed by atoms with E-state index in [1.807, 2.05) is 54.6 Å². The van der Waals surface area contributed by atoms with Crippen molar-refractivity contribution in [3.63, 3.8) is 0 Å². The van der Waals surface area contributed by atoms with Crippen molar-refractivity contribution >= 4 is 17.8 Å². The smallest absolute Gasteiger partial charge is 0.372 e. The second-order valence-electron chi connectivity index (χ2n) is 4.54. The van der Waals surface area contributed by atoms with Crippen LogP contribution in [0.5, 0.6) is 5.75 Å². The summed E-state index contributed by atoms with van der Waals surface area (Å²) in [6.45, 7) is 1.58. The van der Waals surface area contributed by atoms with Crippen molar-refractivity contribution in [3.8, 4) is 5.75 Å². The van der Waals surface area contributed by atoms with E-state index in [0.29, 0.717) is 11.5 Å². The van der Waals surface area contributed by atoms with Gasteiger partial charge >= 0.3 is 5.97 Å². The minimum atomic E-state index is -0.545. The minimum Gasteiger partial charge on any atom is -0.482 e. The van der Waals surface area contributed by atoms with Gasteiger partial charge in [-0.1, -0.05) is 59.8 Å². The lowest BCUT2D eigenvalue weighted by molar-refractivity contribution is -0.146. The highest BCUT2D eigenvalue weighted by molar-refractivity contribution is 5.96. The van der Waals surface area contributed by atoms with Gasteiger partial charge in [0, 0.05) is 0 Å². The molecule has 0 bridgehead atoms. The fourth-order valence-corrected chi connectivity index (χ4v) is 1.62. The molecule has 0 amide bonds. The van der Waals surface area contributed by atoms with Crippen molar-refractivity contribution < 1.29 is 14.4 Å². The van der Waals surface area contributed by atoms with Crippen molar-refractivity contribution in [2.24, 2.45) is 5.16 Å². The van der Waals surface area contributed by atoms with E-state index in [0.717, 1.165) is 5.56 Å². The van der Waals surface area contributed by atoms with Crippen LogP contribution in [0, 0.1) is 0 Å². The molecule has 4 nitrogen and oxygen atoms in total. The minimum absolute atomic E-state index is 0.177. The van der Waals surface area contributed by atoms with Crippen LogP contribution in [0.15, 0.2) is 71.9 Å². The lowest BCUT2D eigenvalue weighted by Gasteiger charge is -2.03. The summed E-state index contributed by atoms with van der Waals surface area (Å²) in [7, 11) is 0. The first-order valence-electron chi connectivity index (χ1n) is 6.89. The van der Waals surface area contributed by atoms with E-state index >= 15 is 0 Å². The maximum Gasteiger partial charge on any atom is 0.372 e. The highest BCUT2D eigenvalue weighted by Crippen LogP contribution is 2.08. The van der Waals surface area contributed by atoms with Gasteiger partial charge in [-0.15, -0.1) is 0 Å². The molecular formula is C18H17NO3. The molecule has 0 atom stereocenters. The summed E-state index contributed by atoms with van der Waals surface area (Å²) >= 11 is 0. The van der Waals surface area contributed by atoms with Crippen molar-refractivity contribution in [2.75, 3.05) is 6.61 Å². The number of hydrogen-bond acceptors (Lipinski definition) is 4. The maximum absolute atomic E-state index is 11.5. The SMILES string of the molecule is CC(C=Cc1ccccc1)=NOC(=O)COc1ccccc1. The van der Waals surface area contributed by atoms with Crippen LogP contribution in [-0.4, -0.2) is 18.3 Å². The molecule has 0 spiro atoms. The summed E-state index contributed by atoms with van der Waals surface area (Å²) in [5.74, 6) is 0.0699. The number of para-hydroxylation sites is 1. The van der Waals surface area contributed by atoms with Gasteiger partial charge in [0.15, 0.2) is 6.61 Å². The number of rotatable bonds is 6. The Bertz CT molecular complexity index is 649. The average molecular weight is 295 g/mol. The molecule has 112 valence electrons. The Morgan fingerprint density at radius 2 is 1.68 bits per heavy atom. The summed E-state index contributed by atoms with van der Waals surface area (Å²) in [4.78, 5) is 16.3. The summed E-state index contributed by atoms with van der Waals surface area (Å²) in [6.07, 6.45) is 3.67. The molecule has 2 aromatic rings. The van der Waals surface area contributed by atoms with Gasteiger partial charge in [0.25, 0.3) is 0 Å². The number of carbonyl (C=O) groups excluding carboxylic acids is 1. The fraction of sp³-hybridized carbons (Fsp3) is 0.111. The van der Waals surface area contributed by atoms with E-state index < -0.39 is 5.97 Å². The summed E-state index contributed by atoms with van der Waals surface area (Å²) in [6, 6.07) is 18.9. The van der Waals surface area contributed by atoms with Gasteiger partial charge in [0.05, 0.1) is 5.71 Å². The number of hydrogen-bond donors (Lipinski definition) is 0. The maximum atomic E-state index is 11.5. The normalized spacial score (nSPS) is 11.4. The molecule has 0 aliphatic heterocycles. The Balaban J connectivity index is 1.78. The Labute approximate surface area is 129 Å². The molecule has 0 aliphatic rings. The van der Waals surface area contributed by atoms with E-state index in [1.165, 1.54) is 0 Å². The van der Waals surface area contributed by atoms with Gasteiger partial charge in [-0.2, -0.15) is 0 Å². The molecule has 22 heavy (non-hydrogen) atoms. The van der Waals surface area contributed by atoms with E-state index in [2.05, 4.69) is 5.16 Å². The molecule has 0 N–H and O–H groups in total. The molecular weight excluding hydrogens is 278 g/mol. The monoisotopic (exact) mass is 295 g/mol. The Morgan fingerprint density at radius 3 is 2.36 bits per heavy atom. The largest absolute Gasteiger partial charge is 0.482 e. The Kier molecular flexibility index (Phi) is 5.93. The topological polar surface area (TPSA) is 47.9 Å². The number of carbonyl (C=O) groups is 1. The van der Waals surface area contributed by atoms with E-state index in [9.17, 15) is 4.79 Å². The van der Waals surface area contributed by atoms with Crippen LogP contribution >= 0.6 is 0 Å². The van der Waals surface area contributed by atoms with Crippen LogP contribution in [0.3, 0.4) is 0 Å². The summed E-state index contributed by atoms with van der Waals surface area (Å²) in [5.41, 5.74) is 1.65. The molecule has 2 aromatic carbocycles. The number of nitrogens with zero attached hydrogens (tertiary/aromatic N) is 1. The Hall–Kier alpha value is -2.88. The van der Waals surface area contributed by atoms with Gasteiger partial charge in [-0.05, 0) is 30.7 Å². The van der Waals surface area contributed by atoms with Crippen LogP contribution < -0.4 is 4.74 Å². The van der Waals surface area contributed by atoms with Crippen LogP contribution in [0.2, 0.25) is 0 Å². The molecule has 0 aliphatic carbocycles. The third-order valence-corrected chi connectivity index (χ3v) is 2.71. The summed E-state index contributed by atoms with van der Waals surface area (Å²) in [5, 5.41) is 3.75. The van der Waals surface area contributed by atoms with Gasteiger partial charge in [-0.3, -0.25) is 0 Å². The van der Waals surface area contributed by atoms with Crippen molar-refractivity contribution in [1.29, 1.82) is 0 Å². The van der Waals surface area contributed by atoms with Crippen molar-refractivity contribution in [3.05, 3.63) is 72.3 Å². The Morgan fingerprint density at radius 1 is 1.05 bits per heavy atom. The van der Waals surface area contributed by atoms with E-state index in [4.69, 9.17) is 9.57 Å². The molecule has 0 saturated carbocycles. The van der Waals surface area contributed by atoms with Crippen LogP contribution in [0.4, 0.5) is 0 Å². The predicted molar refractivity (Wildman–Crippen MR) is 86.6 cm³/mol. The first kappa shape index (κ1) is 15.5. The lowest BCUT2D eigenvalue weighted by atomic mass is 10.2. The molecule has 4 heteroatoms. The quantitative estimate of drug-likeness (QED) is 0.464. The highest BCUT2D eigenvalue weighted by Gasteiger charge is 2.03. The molecule has 0 radical (unpaired) electrons. The number of allylic oxidation sites excluding steroid dienone is 1. The van der Waals surface area contributed by atoms with Gasteiger partial charge in [0.2, 0.25) is 0 Å². The second kappa shape index (κ2) is 8.42. The summed E-state index contributed by atoms with van der Waals surface area (Å²) < 4.78 is 5.27. The van der Waals surface area contributed by atoms with E-state index in [1.54, 1.807) is 25.1 Å². The van der Waals surface area contributed by atoms with Gasteiger partial charge < -0.3 is 9.57 Å². The molecule has 0 unspecified atom stereocenters. The lowest BCUT2D eigenvalue weighted by Crippen LogP contribution is -2.12. The van der Waals surface area contributed by atoms with Crippen LogP contribution in [0.25, 0.3) is 6.08 Å². The molecule has 0 fully saturated rings. The van der Waals surface area contributed by atoms with E-state index in [-0.39, 0.29) is 6.61 Å².